The van der Waals surface area contributed by atoms with Gasteiger partial charge >= 0.3 is 11.9 Å². The SMILES string of the molecule is COc1cccc(/C=N/NC(=O)c2ccco2)c1OCc1ccc(C(=O)O)cc1. The number of carboxylic acid groups (broad SMARTS) is 1. The highest BCUT2D eigenvalue weighted by atomic mass is 16.5. The van der Waals surface area contributed by atoms with Crippen molar-refractivity contribution < 1.29 is 28.6 Å². The van der Waals surface area contributed by atoms with Gasteiger partial charge in [0.05, 0.1) is 25.2 Å². The van der Waals surface area contributed by atoms with Gasteiger partial charge in [-0.25, -0.2) is 10.2 Å². The number of nitrogens with zero attached hydrogens (tertiary/aromatic N) is 1. The smallest absolute Gasteiger partial charge is 0.335 e. The summed E-state index contributed by atoms with van der Waals surface area (Å²) in [7, 11) is 1.52. The van der Waals surface area contributed by atoms with Crippen LogP contribution in [0.1, 0.15) is 32.0 Å². The number of hydrazone groups is 1. The lowest BCUT2D eigenvalue weighted by Crippen LogP contribution is -2.16. The van der Waals surface area contributed by atoms with E-state index in [9.17, 15) is 9.59 Å². The van der Waals surface area contributed by atoms with Gasteiger partial charge in [0.1, 0.15) is 6.61 Å². The number of carbonyl (C=O) groups excluding carboxylic acids is 1. The molecule has 0 spiro atoms. The molecule has 0 aliphatic rings. The molecule has 0 saturated carbocycles. The number of hydrogen-bond donors (Lipinski definition) is 2. The Labute approximate surface area is 166 Å². The average Bonchev–Trinajstić information content (AvgIpc) is 3.27. The minimum absolute atomic E-state index is 0.147. The minimum Gasteiger partial charge on any atom is -0.493 e. The zero-order chi connectivity index (χ0) is 20.6. The molecule has 29 heavy (non-hydrogen) atoms. The quantitative estimate of drug-likeness (QED) is 0.448. The molecule has 0 unspecified atom stereocenters. The minimum atomic E-state index is -0.989. The van der Waals surface area contributed by atoms with Gasteiger partial charge in [0, 0.05) is 5.56 Å². The Morgan fingerprint density at radius 1 is 1.14 bits per heavy atom. The fourth-order valence-corrected chi connectivity index (χ4v) is 2.47. The molecular weight excluding hydrogens is 376 g/mol. The van der Waals surface area contributed by atoms with Crippen LogP contribution in [0.3, 0.4) is 0 Å². The van der Waals surface area contributed by atoms with E-state index >= 15 is 0 Å². The summed E-state index contributed by atoms with van der Waals surface area (Å²) in [5, 5.41) is 12.9. The number of aromatic carboxylic acids is 1. The summed E-state index contributed by atoms with van der Waals surface area (Å²) >= 11 is 0. The first kappa shape index (κ1) is 19.7. The molecule has 0 fully saturated rings. The predicted octanol–water partition coefficient (Wildman–Crippen LogP) is 3.33. The van der Waals surface area contributed by atoms with Crippen molar-refractivity contribution in [3.63, 3.8) is 0 Å². The van der Waals surface area contributed by atoms with Crippen LogP contribution in [0.5, 0.6) is 11.5 Å². The second kappa shape index (κ2) is 9.23. The maximum Gasteiger partial charge on any atom is 0.335 e. The van der Waals surface area contributed by atoms with Crippen molar-refractivity contribution in [3.05, 3.63) is 83.3 Å². The lowest BCUT2D eigenvalue weighted by atomic mass is 10.1. The highest BCUT2D eigenvalue weighted by molar-refractivity contribution is 5.93. The molecule has 3 rings (SSSR count). The molecule has 148 valence electrons. The number of furan rings is 1. The summed E-state index contributed by atoms with van der Waals surface area (Å²) in [5.41, 5.74) is 3.95. The third kappa shape index (κ3) is 5.01. The van der Waals surface area contributed by atoms with Gasteiger partial charge in [0.25, 0.3) is 0 Å². The van der Waals surface area contributed by atoms with Crippen LogP contribution in [-0.4, -0.2) is 30.3 Å². The first-order valence-electron chi connectivity index (χ1n) is 8.57. The highest BCUT2D eigenvalue weighted by Gasteiger charge is 2.11. The van der Waals surface area contributed by atoms with Gasteiger partial charge in [-0.05, 0) is 42.0 Å². The molecule has 1 aromatic heterocycles. The normalized spacial score (nSPS) is 10.7. The topological polar surface area (TPSA) is 110 Å². The van der Waals surface area contributed by atoms with E-state index in [0.717, 1.165) is 5.56 Å². The van der Waals surface area contributed by atoms with Crippen LogP contribution >= 0.6 is 0 Å². The fourth-order valence-electron chi connectivity index (χ4n) is 2.47. The fraction of sp³-hybridized carbons (Fsp3) is 0.0952. The Morgan fingerprint density at radius 3 is 2.59 bits per heavy atom. The number of carboxylic acids is 1. The molecule has 0 aliphatic heterocycles. The van der Waals surface area contributed by atoms with Crippen LogP contribution < -0.4 is 14.9 Å². The first-order chi connectivity index (χ1) is 14.1. The maximum atomic E-state index is 11.9. The summed E-state index contributed by atoms with van der Waals surface area (Å²) in [6.45, 7) is 0.194. The van der Waals surface area contributed by atoms with E-state index in [4.69, 9.17) is 19.0 Å². The zero-order valence-electron chi connectivity index (χ0n) is 15.5. The lowest BCUT2D eigenvalue weighted by molar-refractivity contribution is 0.0696. The predicted molar refractivity (Wildman–Crippen MR) is 104 cm³/mol. The molecule has 2 aromatic carbocycles. The average molecular weight is 394 g/mol. The number of ether oxygens (including phenoxy) is 2. The van der Waals surface area contributed by atoms with Crippen molar-refractivity contribution in [1.82, 2.24) is 5.43 Å². The van der Waals surface area contributed by atoms with Crippen LogP contribution in [0.15, 0.2) is 70.4 Å². The molecule has 3 aromatic rings. The molecule has 8 nitrogen and oxygen atoms in total. The Hall–Kier alpha value is -4.07. The van der Waals surface area contributed by atoms with Crippen LogP contribution in [0, 0.1) is 0 Å². The third-order valence-corrected chi connectivity index (χ3v) is 3.93. The van der Waals surface area contributed by atoms with E-state index in [1.807, 2.05) is 0 Å². The zero-order valence-corrected chi connectivity index (χ0v) is 15.5. The van der Waals surface area contributed by atoms with Crippen molar-refractivity contribution in [3.8, 4) is 11.5 Å². The number of methoxy groups -OCH3 is 1. The van der Waals surface area contributed by atoms with Crippen molar-refractivity contribution in [2.24, 2.45) is 5.10 Å². The molecular formula is C21H18N2O6. The molecule has 8 heteroatoms. The number of rotatable bonds is 8. The number of carbonyl (C=O) groups is 2. The van der Waals surface area contributed by atoms with Gasteiger partial charge in [-0.3, -0.25) is 4.79 Å². The monoisotopic (exact) mass is 394 g/mol. The molecule has 0 saturated heterocycles. The molecule has 2 N–H and O–H groups in total. The second-order valence-corrected chi connectivity index (χ2v) is 5.85. The molecule has 0 atom stereocenters. The Morgan fingerprint density at radius 2 is 1.93 bits per heavy atom. The van der Waals surface area contributed by atoms with E-state index in [0.29, 0.717) is 17.1 Å². The van der Waals surface area contributed by atoms with Crippen LogP contribution in [0.25, 0.3) is 0 Å². The standard InChI is InChI=1S/C21H18N2O6/c1-27-17-5-2-4-16(12-22-23-20(24)18-6-3-11-28-18)19(17)29-13-14-7-9-15(10-8-14)21(25)26/h2-12H,13H2,1H3,(H,23,24)(H,25,26)/b22-12+. The van der Waals surface area contributed by atoms with E-state index in [-0.39, 0.29) is 17.9 Å². The summed E-state index contributed by atoms with van der Waals surface area (Å²) in [6.07, 6.45) is 2.84. The van der Waals surface area contributed by atoms with E-state index in [1.165, 1.54) is 37.8 Å². The first-order valence-corrected chi connectivity index (χ1v) is 8.57. The van der Waals surface area contributed by atoms with E-state index < -0.39 is 11.9 Å². The molecule has 1 heterocycles. The van der Waals surface area contributed by atoms with Gasteiger partial charge < -0.3 is 19.0 Å². The third-order valence-electron chi connectivity index (χ3n) is 3.93. The maximum absolute atomic E-state index is 11.9. The van der Waals surface area contributed by atoms with E-state index in [2.05, 4.69) is 10.5 Å². The molecule has 1 amide bonds. The van der Waals surface area contributed by atoms with Gasteiger partial charge in [0.2, 0.25) is 0 Å². The molecule has 0 aliphatic carbocycles. The van der Waals surface area contributed by atoms with Crippen molar-refractivity contribution in [1.29, 1.82) is 0 Å². The number of nitrogens with one attached hydrogen (secondary N) is 1. The summed E-state index contributed by atoms with van der Waals surface area (Å²) < 4.78 is 16.2. The Bertz CT molecular complexity index is 1010. The van der Waals surface area contributed by atoms with Crippen LogP contribution in [0.2, 0.25) is 0 Å². The van der Waals surface area contributed by atoms with Crippen molar-refractivity contribution in [2.45, 2.75) is 6.61 Å². The van der Waals surface area contributed by atoms with Gasteiger partial charge in [-0.15, -0.1) is 0 Å². The Kier molecular flexibility index (Phi) is 6.26. The lowest BCUT2D eigenvalue weighted by Gasteiger charge is -2.13. The van der Waals surface area contributed by atoms with Gasteiger partial charge in [-0.1, -0.05) is 18.2 Å². The van der Waals surface area contributed by atoms with Crippen LogP contribution in [0.4, 0.5) is 0 Å². The van der Waals surface area contributed by atoms with Crippen molar-refractivity contribution in [2.75, 3.05) is 7.11 Å². The summed E-state index contributed by atoms with van der Waals surface area (Å²) in [4.78, 5) is 22.8. The Balaban J connectivity index is 1.72. The van der Waals surface area contributed by atoms with Gasteiger partial charge in [-0.2, -0.15) is 5.10 Å². The number of hydrogen-bond acceptors (Lipinski definition) is 6. The van der Waals surface area contributed by atoms with Gasteiger partial charge in [0.15, 0.2) is 17.3 Å². The summed E-state index contributed by atoms with van der Waals surface area (Å²) in [5.74, 6) is -0.386. The number of amides is 1. The van der Waals surface area contributed by atoms with E-state index in [1.54, 1.807) is 36.4 Å². The molecule has 0 radical (unpaired) electrons. The largest absolute Gasteiger partial charge is 0.493 e. The number of para-hydroxylation sites is 1. The number of benzene rings is 2. The summed E-state index contributed by atoms with van der Waals surface area (Å²) in [6, 6.07) is 14.8. The van der Waals surface area contributed by atoms with Crippen LogP contribution in [-0.2, 0) is 6.61 Å². The molecule has 0 bridgehead atoms. The van der Waals surface area contributed by atoms with Crippen molar-refractivity contribution >= 4 is 18.1 Å². The second-order valence-electron chi connectivity index (χ2n) is 5.85. The highest BCUT2D eigenvalue weighted by Crippen LogP contribution is 2.30.